The summed E-state index contributed by atoms with van der Waals surface area (Å²) in [6.07, 6.45) is 0. The molecule has 2 heterocycles. The highest BCUT2D eigenvalue weighted by Gasteiger charge is 2.21. The molecule has 0 aliphatic heterocycles. The lowest BCUT2D eigenvalue weighted by atomic mass is 9.94. The van der Waals surface area contributed by atoms with Crippen LogP contribution in [0.1, 0.15) is 31.0 Å². The highest BCUT2D eigenvalue weighted by Crippen LogP contribution is 2.36. The average molecular weight is 355 g/mol. The lowest BCUT2D eigenvalue weighted by molar-refractivity contribution is 0.419. The van der Waals surface area contributed by atoms with Gasteiger partial charge in [0.1, 0.15) is 0 Å². The van der Waals surface area contributed by atoms with Gasteiger partial charge >= 0.3 is 0 Å². The average Bonchev–Trinajstić information content (AvgIpc) is 3.17. The number of nitriles is 1. The number of benzene rings is 2. The van der Waals surface area contributed by atoms with Gasteiger partial charge in [-0.1, -0.05) is 49.3 Å². The standard InChI is InChI=1S/C22H17N3O2/c1-13(2)18-11-19(27-25-18)21-20(15-6-4-3-5-7-15)16-10-14(12-23)8-9-17(16)24-22(21)26/h3-11,13H,1-2H3,(H,24,26). The van der Waals surface area contributed by atoms with Crippen LogP contribution in [0.4, 0.5) is 0 Å². The number of rotatable bonds is 3. The molecule has 2 aromatic carbocycles. The zero-order chi connectivity index (χ0) is 19.0. The van der Waals surface area contributed by atoms with E-state index < -0.39 is 0 Å². The van der Waals surface area contributed by atoms with E-state index in [1.807, 2.05) is 50.2 Å². The fourth-order valence-electron chi connectivity index (χ4n) is 3.18. The van der Waals surface area contributed by atoms with E-state index in [-0.39, 0.29) is 11.5 Å². The Morgan fingerprint density at radius 2 is 1.85 bits per heavy atom. The summed E-state index contributed by atoms with van der Waals surface area (Å²) in [5.74, 6) is 0.607. The Hall–Kier alpha value is -3.65. The molecule has 4 aromatic rings. The maximum absolute atomic E-state index is 13.0. The Morgan fingerprint density at radius 1 is 1.07 bits per heavy atom. The van der Waals surface area contributed by atoms with Crippen LogP contribution in [0.3, 0.4) is 0 Å². The largest absolute Gasteiger partial charge is 0.356 e. The number of aromatic amines is 1. The third-order valence-corrected chi connectivity index (χ3v) is 4.57. The van der Waals surface area contributed by atoms with Crippen molar-refractivity contribution in [2.45, 2.75) is 19.8 Å². The van der Waals surface area contributed by atoms with Crippen molar-refractivity contribution in [1.82, 2.24) is 10.1 Å². The van der Waals surface area contributed by atoms with Crippen molar-refractivity contribution in [2.24, 2.45) is 0 Å². The second-order valence-electron chi connectivity index (χ2n) is 6.71. The Balaban J connectivity index is 2.12. The Labute approximate surface area is 155 Å². The molecule has 0 amide bonds. The molecule has 0 saturated carbocycles. The minimum Gasteiger partial charge on any atom is -0.356 e. The van der Waals surface area contributed by atoms with E-state index in [1.165, 1.54) is 0 Å². The SMILES string of the molecule is CC(C)c1cc(-c2c(-c3ccccc3)c3cc(C#N)ccc3[nH]c2=O)on1. The Bertz CT molecular complexity index is 1230. The topological polar surface area (TPSA) is 82.7 Å². The quantitative estimate of drug-likeness (QED) is 0.570. The van der Waals surface area contributed by atoms with Gasteiger partial charge in [-0.2, -0.15) is 5.26 Å². The van der Waals surface area contributed by atoms with Crippen molar-refractivity contribution < 1.29 is 4.52 Å². The van der Waals surface area contributed by atoms with Gasteiger partial charge in [0.05, 0.1) is 22.9 Å². The first-order valence-corrected chi connectivity index (χ1v) is 8.71. The summed E-state index contributed by atoms with van der Waals surface area (Å²) in [6.45, 7) is 4.03. The Morgan fingerprint density at radius 3 is 2.52 bits per heavy atom. The molecule has 2 aromatic heterocycles. The van der Waals surface area contributed by atoms with Crippen molar-refractivity contribution in [1.29, 1.82) is 5.26 Å². The van der Waals surface area contributed by atoms with Crippen LogP contribution >= 0.6 is 0 Å². The van der Waals surface area contributed by atoms with Crippen LogP contribution in [0, 0.1) is 11.3 Å². The van der Waals surface area contributed by atoms with Gasteiger partial charge in [0.15, 0.2) is 5.76 Å². The number of nitrogens with one attached hydrogen (secondary N) is 1. The molecule has 0 fully saturated rings. The minimum atomic E-state index is -0.252. The maximum Gasteiger partial charge on any atom is 0.260 e. The van der Waals surface area contributed by atoms with E-state index in [1.54, 1.807) is 18.2 Å². The number of H-pyrrole nitrogens is 1. The number of hydrogen-bond acceptors (Lipinski definition) is 4. The molecule has 5 nitrogen and oxygen atoms in total. The molecule has 27 heavy (non-hydrogen) atoms. The lowest BCUT2D eigenvalue weighted by Gasteiger charge is -2.11. The number of aromatic nitrogens is 2. The minimum absolute atomic E-state index is 0.187. The summed E-state index contributed by atoms with van der Waals surface area (Å²) in [6, 6.07) is 18.8. The van der Waals surface area contributed by atoms with Gasteiger partial charge in [0.2, 0.25) is 0 Å². The third kappa shape index (κ3) is 2.91. The fourth-order valence-corrected chi connectivity index (χ4v) is 3.18. The molecule has 132 valence electrons. The fraction of sp³-hybridized carbons (Fsp3) is 0.136. The second kappa shape index (κ2) is 6.58. The molecule has 0 aliphatic rings. The van der Waals surface area contributed by atoms with E-state index in [4.69, 9.17) is 4.52 Å². The Kier molecular flexibility index (Phi) is 4.09. The number of nitrogens with zero attached hydrogens (tertiary/aromatic N) is 2. The molecule has 1 N–H and O–H groups in total. The van der Waals surface area contributed by atoms with Crippen molar-refractivity contribution in [3.63, 3.8) is 0 Å². The van der Waals surface area contributed by atoms with Gasteiger partial charge in [0, 0.05) is 22.5 Å². The summed E-state index contributed by atoms with van der Waals surface area (Å²) in [7, 11) is 0. The predicted molar refractivity (Wildman–Crippen MR) is 104 cm³/mol. The van der Waals surface area contributed by atoms with Crippen LogP contribution in [-0.4, -0.2) is 10.1 Å². The summed E-state index contributed by atoms with van der Waals surface area (Å²) in [5, 5.41) is 14.2. The zero-order valence-electron chi connectivity index (χ0n) is 15.0. The van der Waals surface area contributed by atoms with Crippen LogP contribution in [0.2, 0.25) is 0 Å². The van der Waals surface area contributed by atoms with Crippen LogP contribution in [0.5, 0.6) is 0 Å². The molecular weight excluding hydrogens is 338 g/mol. The molecule has 0 aliphatic carbocycles. The molecular formula is C22H17N3O2. The van der Waals surface area contributed by atoms with Crippen molar-refractivity contribution in [3.05, 3.63) is 76.2 Å². The van der Waals surface area contributed by atoms with Gasteiger partial charge in [-0.05, 0) is 29.7 Å². The molecule has 0 unspecified atom stereocenters. The molecule has 4 rings (SSSR count). The first-order chi connectivity index (χ1) is 13.1. The molecule has 0 bridgehead atoms. The summed E-state index contributed by atoms with van der Waals surface area (Å²) < 4.78 is 5.53. The van der Waals surface area contributed by atoms with E-state index >= 15 is 0 Å². The first-order valence-electron chi connectivity index (χ1n) is 8.71. The summed E-state index contributed by atoms with van der Waals surface area (Å²) in [5.41, 5.74) is 3.76. The van der Waals surface area contributed by atoms with Crippen molar-refractivity contribution in [2.75, 3.05) is 0 Å². The van der Waals surface area contributed by atoms with Gasteiger partial charge in [-0.15, -0.1) is 0 Å². The number of fused-ring (bicyclic) bond motifs is 1. The molecule has 0 spiro atoms. The normalized spacial score (nSPS) is 11.0. The molecule has 0 radical (unpaired) electrons. The predicted octanol–water partition coefficient (Wildman–Crippen LogP) is 4.85. The first kappa shape index (κ1) is 16.8. The van der Waals surface area contributed by atoms with E-state index in [0.29, 0.717) is 22.4 Å². The van der Waals surface area contributed by atoms with Gasteiger partial charge in [0.25, 0.3) is 5.56 Å². The van der Waals surface area contributed by atoms with Gasteiger partial charge in [-0.3, -0.25) is 4.79 Å². The highest BCUT2D eigenvalue weighted by atomic mass is 16.5. The number of pyridine rings is 1. The monoisotopic (exact) mass is 355 g/mol. The molecule has 0 atom stereocenters. The van der Waals surface area contributed by atoms with Crippen molar-refractivity contribution in [3.8, 4) is 28.5 Å². The molecule has 0 saturated heterocycles. The highest BCUT2D eigenvalue weighted by molar-refractivity contribution is 6.01. The van der Waals surface area contributed by atoms with Gasteiger partial charge < -0.3 is 9.51 Å². The van der Waals surface area contributed by atoms with Crippen LogP contribution < -0.4 is 5.56 Å². The maximum atomic E-state index is 13.0. The van der Waals surface area contributed by atoms with E-state index in [2.05, 4.69) is 16.2 Å². The third-order valence-electron chi connectivity index (χ3n) is 4.57. The van der Waals surface area contributed by atoms with Crippen LogP contribution in [-0.2, 0) is 0 Å². The summed E-state index contributed by atoms with van der Waals surface area (Å²) >= 11 is 0. The van der Waals surface area contributed by atoms with E-state index in [0.717, 1.165) is 22.2 Å². The smallest absolute Gasteiger partial charge is 0.260 e. The van der Waals surface area contributed by atoms with Crippen LogP contribution in [0.25, 0.3) is 33.4 Å². The van der Waals surface area contributed by atoms with Crippen molar-refractivity contribution >= 4 is 10.9 Å². The van der Waals surface area contributed by atoms with E-state index in [9.17, 15) is 10.1 Å². The summed E-state index contributed by atoms with van der Waals surface area (Å²) in [4.78, 5) is 15.9. The number of hydrogen-bond donors (Lipinski definition) is 1. The zero-order valence-corrected chi connectivity index (χ0v) is 15.0. The second-order valence-corrected chi connectivity index (χ2v) is 6.71. The van der Waals surface area contributed by atoms with Gasteiger partial charge in [-0.25, -0.2) is 0 Å². The molecule has 5 heteroatoms. The van der Waals surface area contributed by atoms with Crippen LogP contribution in [0.15, 0.2) is 63.9 Å². The lowest BCUT2D eigenvalue weighted by Crippen LogP contribution is -2.11.